The van der Waals surface area contributed by atoms with Gasteiger partial charge in [0.25, 0.3) is 0 Å². The van der Waals surface area contributed by atoms with E-state index in [1.807, 2.05) is 24.0 Å². The van der Waals surface area contributed by atoms with Crippen molar-refractivity contribution >= 4 is 40.4 Å². The average Bonchev–Trinajstić information content (AvgIpc) is 3.13. The summed E-state index contributed by atoms with van der Waals surface area (Å²) in [5.41, 5.74) is 3.47. The maximum absolute atomic E-state index is 6.02. The molecule has 0 N–H and O–H groups in total. The summed E-state index contributed by atoms with van der Waals surface area (Å²) in [6, 6.07) is 10.7. The van der Waals surface area contributed by atoms with Crippen LogP contribution in [0.3, 0.4) is 0 Å². The Hall–Kier alpha value is -1.56. The molecule has 0 aliphatic carbocycles. The van der Waals surface area contributed by atoms with Crippen LogP contribution >= 0.6 is 34.7 Å². The van der Waals surface area contributed by atoms with Gasteiger partial charge in [-0.25, -0.2) is 4.98 Å². The number of hydrogen-bond acceptors (Lipinski definition) is 5. The minimum Gasteiger partial charge on any atom is -0.370 e. The van der Waals surface area contributed by atoms with Crippen LogP contribution in [0.15, 0.2) is 48.9 Å². The molecule has 0 amide bonds. The molecule has 3 heterocycles. The molecule has 2 aromatic heterocycles. The monoisotopic (exact) mass is 373 g/mol. The van der Waals surface area contributed by atoms with Crippen molar-refractivity contribution in [1.82, 2.24) is 9.97 Å². The van der Waals surface area contributed by atoms with Gasteiger partial charge in [-0.05, 0) is 23.8 Å². The molecule has 3 aromatic rings. The molecule has 1 aromatic carbocycles. The van der Waals surface area contributed by atoms with Gasteiger partial charge in [0.2, 0.25) is 0 Å². The molecule has 6 heteroatoms. The van der Waals surface area contributed by atoms with E-state index in [9.17, 15) is 0 Å². The van der Waals surface area contributed by atoms with Crippen molar-refractivity contribution in [2.75, 3.05) is 29.5 Å². The zero-order valence-corrected chi connectivity index (χ0v) is 15.4. The van der Waals surface area contributed by atoms with Crippen molar-refractivity contribution in [3.8, 4) is 21.0 Å². The summed E-state index contributed by atoms with van der Waals surface area (Å²) in [5.74, 6) is 2.43. The van der Waals surface area contributed by atoms with Gasteiger partial charge in [-0.15, -0.1) is 11.3 Å². The highest BCUT2D eigenvalue weighted by molar-refractivity contribution is 7.99. The number of hydrogen-bond donors (Lipinski definition) is 0. The minimum atomic E-state index is 0.633. The third kappa shape index (κ3) is 3.43. The quantitative estimate of drug-likeness (QED) is 0.640. The number of aromatic nitrogens is 2. The number of pyridine rings is 1. The summed E-state index contributed by atoms with van der Waals surface area (Å²) in [7, 11) is 0. The normalized spacial score (nSPS) is 14.8. The van der Waals surface area contributed by atoms with Crippen molar-refractivity contribution < 1.29 is 0 Å². The van der Waals surface area contributed by atoms with Crippen molar-refractivity contribution in [3.63, 3.8) is 0 Å². The zero-order valence-electron chi connectivity index (χ0n) is 13.0. The summed E-state index contributed by atoms with van der Waals surface area (Å²) in [5, 5.41) is 1.57. The van der Waals surface area contributed by atoms with E-state index in [0.717, 1.165) is 28.5 Å². The molecule has 1 saturated heterocycles. The van der Waals surface area contributed by atoms with Crippen LogP contribution in [-0.2, 0) is 0 Å². The molecule has 0 atom stereocenters. The first-order valence-corrected chi connectivity index (χ1v) is 10.1. The maximum Gasteiger partial charge on any atom is 0.125 e. The molecule has 4 rings (SSSR count). The lowest BCUT2D eigenvalue weighted by Gasteiger charge is -2.28. The Balaban J connectivity index is 1.56. The standard InChI is InChI=1S/C18H16ClN3S2/c19-15-9-14(10-20-11-15)18-21-12-17(24-18)13-1-3-16(4-2-13)22-5-7-23-8-6-22/h1-4,9-12H,5-8H2. The van der Waals surface area contributed by atoms with E-state index in [1.54, 1.807) is 23.7 Å². The van der Waals surface area contributed by atoms with Crippen molar-refractivity contribution in [2.45, 2.75) is 0 Å². The van der Waals surface area contributed by atoms with Crippen molar-refractivity contribution in [2.24, 2.45) is 0 Å². The third-order valence-electron chi connectivity index (χ3n) is 3.99. The number of anilines is 1. The first-order valence-electron chi connectivity index (χ1n) is 7.79. The second-order valence-electron chi connectivity index (χ2n) is 5.57. The van der Waals surface area contributed by atoms with Crippen LogP contribution in [0.25, 0.3) is 21.0 Å². The van der Waals surface area contributed by atoms with E-state index >= 15 is 0 Å². The van der Waals surface area contributed by atoms with Gasteiger partial charge in [0.15, 0.2) is 0 Å². The molecule has 3 nitrogen and oxygen atoms in total. The van der Waals surface area contributed by atoms with Gasteiger partial charge in [0.05, 0.1) is 9.90 Å². The maximum atomic E-state index is 6.02. The second-order valence-corrected chi connectivity index (χ2v) is 8.26. The van der Waals surface area contributed by atoms with Gasteiger partial charge >= 0.3 is 0 Å². The van der Waals surface area contributed by atoms with E-state index in [4.69, 9.17) is 11.6 Å². The van der Waals surface area contributed by atoms with Gasteiger partial charge in [0.1, 0.15) is 5.01 Å². The fourth-order valence-electron chi connectivity index (χ4n) is 2.73. The fraction of sp³-hybridized carbons (Fsp3) is 0.222. The van der Waals surface area contributed by atoms with Crippen LogP contribution in [0.1, 0.15) is 0 Å². The summed E-state index contributed by atoms with van der Waals surface area (Å²) in [6.07, 6.45) is 5.36. The highest BCUT2D eigenvalue weighted by Crippen LogP contribution is 2.33. The third-order valence-corrected chi connectivity index (χ3v) is 6.23. The van der Waals surface area contributed by atoms with E-state index in [1.165, 1.54) is 22.8 Å². The molecule has 24 heavy (non-hydrogen) atoms. The van der Waals surface area contributed by atoms with Crippen LogP contribution in [0.2, 0.25) is 5.02 Å². The smallest absolute Gasteiger partial charge is 0.125 e. The lowest BCUT2D eigenvalue weighted by Crippen LogP contribution is -2.32. The number of thioether (sulfide) groups is 1. The summed E-state index contributed by atoms with van der Waals surface area (Å²) < 4.78 is 0. The summed E-state index contributed by atoms with van der Waals surface area (Å²) in [6.45, 7) is 2.27. The molecule has 122 valence electrons. The van der Waals surface area contributed by atoms with Crippen molar-refractivity contribution in [3.05, 3.63) is 53.9 Å². The Kier molecular flexibility index (Phi) is 4.74. The summed E-state index contributed by atoms with van der Waals surface area (Å²) >= 11 is 9.71. The van der Waals surface area contributed by atoms with E-state index in [0.29, 0.717) is 5.02 Å². The van der Waals surface area contributed by atoms with Crippen LogP contribution in [-0.4, -0.2) is 34.6 Å². The van der Waals surface area contributed by atoms with Gasteiger partial charge < -0.3 is 4.90 Å². The number of benzene rings is 1. The van der Waals surface area contributed by atoms with E-state index in [2.05, 4.69) is 39.1 Å². The Bertz CT molecular complexity index is 826. The minimum absolute atomic E-state index is 0.633. The summed E-state index contributed by atoms with van der Waals surface area (Å²) in [4.78, 5) is 12.3. The van der Waals surface area contributed by atoms with E-state index < -0.39 is 0 Å². The molecule has 0 spiro atoms. The van der Waals surface area contributed by atoms with Gasteiger partial charge in [0, 0.05) is 54.4 Å². The Labute approximate surface area is 154 Å². The predicted molar refractivity (Wildman–Crippen MR) is 105 cm³/mol. The molecular formula is C18H16ClN3S2. The first-order chi connectivity index (χ1) is 11.8. The molecule has 0 bridgehead atoms. The lowest BCUT2D eigenvalue weighted by atomic mass is 10.2. The van der Waals surface area contributed by atoms with Crippen molar-refractivity contribution in [1.29, 1.82) is 0 Å². The zero-order chi connectivity index (χ0) is 16.4. The van der Waals surface area contributed by atoms with Gasteiger partial charge in [-0.3, -0.25) is 4.98 Å². The molecular weight excluding hydrogens is 358 g/mol. The molecule has 0 saturated carbocycles. The highest BCUT2D eigenvalue weighted by atomic mass is 35.5. The van der Waals surface area contributed by atoms with Crippen LogP contribution in [0.5, 0.6) is 0 Å². The average molecular weight is 374 g/mol. The molecule has 0 unspecified atom stereocenters. The van der Waals surface area contributed by atoms with Gasteiger partial charge in [-0.1, -0.05) is 23.7 Å². The molecule has 1 aliphatic heterocycles. The second kappa shape index (κ2) is 7.13. The SMILES string of the molecule is Clc1cncc(-c2ncc(-c3ccc(N4CCSCC4)cc3)s2)c1. The number of thiazole rings is 1. The molecule has 1 aliphatic rings. The van der Waals surface area contributed by atoms with Crippen LogP contribution < -0.4 is 4.90 Å². The van der Waals surface area contributed by atoms with E-state index in [-0.39, 0.29) is 0 Å². The largest absolute Gasteiger partial charge is 0.370 e. The predicted octanol–water partition coefficient (Wildman–Crippen LogP) is 5.08. The number of nitrogens with zero attached hydrogens (tertiary/aromatic N) is 3. The Morgan fingerprint density at radius 1 is 0.958 bits per heavy atom. The number of halogens is 1. The van der Waals surface area contributed by atoms with Crippen LogP contribution in [0, 0.1) is 0 Å². The van der Waals surface area contributed by atoms with Gasteiger partial charge in [-0.2, -0.15) is 11.8 Å². The lowest BCUT2D eigenvalue weighted by molar-refractivity contribution is 0.859. The number of rotatable bonds is 3. The highest BCUT2D eigenvalue weighted by Gasteiger charge is 2.12. The first kappa shape index (κ1) is 15.9. The molecule has 1 fully saturated rings. The Morgan fingerprint density at radius 3 is 2.50 bits per heavy atom. The Morgan fingerprint density at radius 2 is 1.75 bits per heavy atom. The topological polar surface area (TPSA) is 29.0 Å². The molecule has 0 radical (unpaired) electrons. The fourth-order valence-corrected chi connectivity index (χ4v) is 4.71. The van der Waals surface area contributed by atoms with Crippen LogP contribution in [0.4, 0.5) is 5.69 Å².